The van der Waals surface area contributed by atoms with Crippen molar-refractivity contribution in [1.29, 1.82) is 0 Å². The highest BCUT2D eigenvalue weighted by atomic mass is 79.9. The van der Waals surface area contributed by atoms with Crippen molar-refractivity contribution < 1.29 is 4.74 Å². The van der Waals surface area contributed by atoms with Gasteiger partial charge in [0.15, 0.2) is 0 Å². The highest BCUT2D eigenvalue weighted by Crippen LogP contribution is 2.17. The van der Waals surface area contributed by atoms with Crippen molar-refractivity contribution >= 4 is 15.9 Å². The summed E-state index contributed by atoms with van der Waals surface area (Å²) in [6, 6.07) is 7.52. The molecule has 0 unspecified atom stereocenters. The van der Waals surface area contributed by atoms with Crippen LogP contribution in [-0.4, -0.2) is 17.1 Å². The number of ether oxygens (including phenoxy) is 1. The van der Waals surface area contributed by atoms with E-state index in [1.165, 1.54) is 13.3 Å². The Morgan fingerprint density at radius 3 is 2.56 bits per heavy atom. The van der Waals surface area contributed by atoms with Gasteiger partial charge < -0.3 is 9.72 Å². The van der Waals surface area contributed by atoms with E-state index >= 15 is 0 Å². The number of aromatic amines is 1. The number of hydrogen-bond donors (Lipinski definition) is 1. The standard InChI is InChI=1S/C11H9BrN2O2/c1-16-9-6-13-10(14-11(9)15)7-2-4-8(12)5-3-7/h2-6H,1H3,(H,13,14,15). The van der Waals surface area contributed by atoms with E-state index < -0.39 is 0 Å². The van der Waals surface area contributed by atoms with E-state index in [9.17, 15) is 4.79 Å². The molecule has 0 saturated heterocycles. The van der Waals surface area contributed by atoms with E-state index in [0.717, 1.165) is 10.0 Å². The van der Waals surface area contributed by atoms with Gasteiger partial charge in [0.2, 0.25) is 5.75 Å². The number of rotatable bonds is 2. The van der Waals surface area contributed by atoms with Crippen LogP contribution in [0.5, 0.6) is 5.75 Å². The zero-order chi connectivity index (χ0) is 11.5. The molecule has 16 heavy (non-hydrogen) atoms. The first-order valence-corrected chi connectivity index (χ1v) is 5.39. The Bertz CT molecular complexity index is 549. The highest BCUT2D eigenvalue weighted by molar-refractivity contribution is 9.10. The maximum atomic E-state index is 11.5. The molecule has 5 heteroatoms. The first-order valence-electron chi connectivity index (χ1n) is 4.60. The largest absolute Gasteiger partial charge is 0.490 e. The number of halogens is 1. The van der Waals surface area contributed by atoms with E-state index in [0.29, 0.717) is 5.82 Å². The van der Waals surface area contributed by atoms with Crippen molar-refractivity contribution in [3.63, 3.8) is 0 Å². The second-order valence-corrected chi connectivity index (χ2v) is 4.05. The number of benzene rings is 1. The van der Waals surface area contributed by atoms with E-state index in [1.54, 1.807) is 0 Å². The van der Waals surface area contributed by atoms with E-state index in [2.05, 4.69) is 25.9 Å². The number of nitrogens with zero attached hydrogens (tertiary/aromatic N) is 1. The Balaban J connectivity index is 2.45. The molecule has 0 spiro atoms. The molecule has 4 nitrogen and oxygen atoms in total. The van der Waals surface area contributed by atoms with Gasteiger partial charge in [-0.1, -0.05) is 28.1 Å². The normalized spacial score (nSPS) is 10.1. The molecular formula is C11H9BrN2O2. The van der Waals surface area contributed by atoms with Gasteiger partial charge >= 0.3 is 0 Å². The molecule has 2 rings (SSSR count). The van der Waals surface area contributed by atoms with Crippen LogP contribution < -0.4 is 10.3 Å². The van der Waals surface area contributed by atoms with Crippen LogP contribution in [0.25, 0.3) is 11.4 Å². The first kappa shape index (κ1) is 10.9. The van der Waals surface area contributed by atoms with Crippen molar-refractivity contribution in [3.8, 4) is 17.1 Å². The van der Waals surface area contributed by atoms with Crippen molar-refractivity contribution in [3.05, 3.63) is 45.3 Å². The van der Waals surface area contributed by atoms with Crippen LogP contribution >= 0.6 is 15.9 Å². The number of nitrogens with one attached hydrogen (secondary N) is 1. The predicted molar refractivity (Wildman–Crippen MR) is 64.5 cm³/mol. The van der Waals surface area contributed by atoms with Crippen LogP contribution in [0.4, 0.5) is 0 Å². The molecular weight excluding hydrogens is 272 g/mol. The molecule has 0 saturated carbocycles. The molecule has 0 fully saturated rings. The van der Waals surface area contributed by atoms with Crippen LogP contribution in [0.15, 0.2) is 39.7 Å². The molecule has 0 aliphatic heterocycles. The number of hydrogen-bond acceptors (Lipinski definition) is 3. The van der Waals surface area contributed by atoms with Gasteiger partial charge in [0.25, 0.3) is 5.56 Å². The van der Waals surface area contributed by atoms with Crippen molar-refractivity contribution in [2.75, 3.05) is 7.11 Å². The molecule has 1 aromatic carbocycles. The third kappa shape index (κ3) is 2.14. The van der Waals surface area contributed by atoms with Gasteiger partial charge in [-0.05, 0) is 12.1 Å². The van der Waals surface area contributed by atoms with Crippen molar-refractivity contribution in [2.24, 2.45) is 0 Å². The van der Waals surface area contributed by atoms with Gasteiger partial charge in [-0.3, -0.25) is 4.79 Å². The Hall–Kier alpha value is -1.62. The summed E-state index contributed by atoms with van der Waals surface area (Å²) in [6.45, 7) is 0. The van der Waals surface area contributed by atoms with Gasteiger partial charge in [0.1, 0.15) is 5.82 Å². The Kier molecular flexibility index (Phi) is 3.05. The summed E-state index contributed by atoms with van der Waals surface area (Å²) in [5, 5.41) is 0. The Labute approximate surface area is 100 Å². The van der Waals surface area contributed by atoms with Crippen LogP contribution in [0.1, 0.15) is 0 Å². The second kappa shape index (κ2) is 4.49. The molecule has 1 N–H and O–H groups in total. The molecule has 2 aromatic rings. The lowest BCUT2D eigenvalue weighted by atomic mass is 10.2. The van der Waals surface area contributed by atoms with Crippen LogP contribution in [0.3, 0.4) is 0 Å². The Morgan fingerprint density at radius 2 is 2.00 bits per heavy atom. The van der Waals surface area contributed by atoms with Crippen LogP contribution in [0, 0.1) is 0 Å². The molecule has 1 heterocycles. The second-order valence-electron chi connectivity index (χ2n) is 3.14. The maximum Gasteiger partial charge on any atom is 0.293 e. The average Bonchev–Trinajstić information content (AvgIpc) is 2.30. The monoisotopic (exact) mass is 280 g/mol. The summed E-state index contributed by atoms with van der Waals surface area (Å²) < 4.78 is 5.82. The van der Waals surface area contributed by atoms with Gasteiger partial charge in [-0.25, -0.2) is 4.98 Å². The van der Waals surface area contributed by atoms with Crippen LogP contribution in [0.2, 0.25) is 0 Å². The van der Waals surface area contributed by atoms with Gasteiger partial charge in [0.05, 0.1) is 13.3 Å². The minimum Gasteiger partial charge on any atom is -0.490 e. The molecule has 0 bridgehead atoms. The van der Waals surface area contributed by atoms with Crippen molar-refractivity contribution in [2.45, 2.75) is 0 Å². The highest BCUT2D eigenvalue weighted by Gasteiger charge is 2.03. The molecule has 0 atom stereocenters. The third-order valence-electron chi connectivity index (χ3n) is 2.10. The maximum absolute atomic E-state index is 11.5. The topological polar surface area (TPSA) is 55.0 Å². The minimum atomic E-state index is -0.282. The third-order valence-corrected chi connectivity index (χ3v) is 2.63. The summed E-state index contributed by atoms with van der Waals surface area (Å²) in [7, 11) is 1.44. The lowest BCUT2D eigenvalue weighted by Gasteiger charge is -2.02. The quantitative estimate of drug-likeness (QED) is 0.918. The zero-order valence-electron chi connectivity index (χ0n) is 8.53. The minimum absolute atomic E-state index is 0.209. The lowest BCUT2D eigenvalue weighted by Crippen LogP contribution is -2.11. The fourth-order valence-electron chi connectivity index (χ4n) is 1.28. The van der Waals surface area contributed by atoms with Crippen molar-refractivity contribution in [1.82, 2.24) is 9.97 Å². The van der Waals surface area contributed by atoms with Gasteiger partial charge in [-0.2, -0.15) is 0 Å². The summed E-state index contributed by atoms with van der Waals surface area (Å²) in [5.41, 5.74) is 0.568. The summed E-state index contributed by atoms with van der Waals surface area (Å²) in [5.74, 6) is 0.735. The SMILES string of the molecule is COc1cnc(-c2ccc(Br)cc2)[nH]c1=O. The van der Waals surface area contributed by atoms with E-state index in [1.807, 2.05) is 24.3 Å². The fourth-order valence-corrected chi connectivity index (χ4v) is 1.55. The zero-order valence-corrected chi connectivity index (χ0v) is 10.1. The molecule has 82 valence electrons. The number of methoxy groups -OCH3 is 1. The summed E-state index contributed by atoms with van der Waals surface area (Å²) in [4.78, 5) is 18.3. The summed E-state index contributed by atoms with van der Waals surface area (Å²) in [6.07, 6.45) is 1.41. The lowest BCUT2D eigenvalue weighted by molar-refractivity contribution is 0.406. The summed E-state index contributed by atoms with van der Waals surface area (Å²) >= 11 is 3.34. The Morgan fingerprint density at radius 1 is 1.31 bits per heavy atom. The van der Waals surface area contributed by atoms with Crippen LogP contribution in [-0.2, 0) is 0 Å². The number of H-pyrrole nitrogens is 1. The average molecular weight is 281 g/mol. The first-order chi connectivity index (χ1) is 7.70. The van der Waals surface area contributed by atoms with Gasteiger partial charge in [-0.15, -0.1) is 0 Å². The predicted octanol–water partition coefficient (Wildman–Crippen LogP) is 2.21. The van der Waals surface area contributed by atoms with E-state index in [-0.39, 0.29) is 11.3 Å². The molecule has 0 amide bonds. The fraction of sp³-hybridized carbons (Fsp3) is 0.0909. The molecule has 0 aliphatic rings. The molecule has 1 aromatic heterocycles. The smallest absolute Gasteiger partial charge is 0.293 e. The van der Waals surface area contributed by atoms with Gasteiger partial charge in [0, 0.05) is 10.0 Å². The molecule has 0 aliphatic carbocycles. The molecule has 0 radical (unpaired) electrons. The van der Waals surface area contributed by atoms with E-state index in [4.69, 9.17) is 4.74 Å². The number of aromatic nitrogens is 2.